The Morgan fingerprint density at radius 2 is 2.18 bits per heavy atom. The molecule has 0 saturated carbocycles. The van der Waals surface area contributed by atoms with E-state index in [9.17, 15) is 15.0 Å². The first kappa shape index (κ1) is 12.8. The highest BCUT2D eigenvalue weighted by Crippen LogP contribution is 2.29. The molecule has 0 heterocycles. The number of carbonyl (C=O) groups is 1. The third-order valence-corrected chi connectivity index (χ3v) is 2.61. The van der Waals surface area contributed by atoms with Crippen LogP contribution < -0.4 is 0 Å². The average molecular weight is 234 g/mol. The van der Waals surface area contributed by atoms with Gasteiger partial charge in [0.05, 0.1) is 18.1 Å². The van der Waals surface area contributed by atoms with Crippen LogP contribution >= 0.6 is 0 Å². The molecule has 1 aromatic carbocycles. The number of rotatable bonds is 3. The van der Waals surface area contributed by atoms with Crippen LogP contribution in [-0.2, 0) is 0 Å². The van der Waals surface area contributed by atoms with Gasteiger partial charge in [-0.05, 0) is 19.1 Å². The van der Waals surface area contributed by atoms with Crippen LogP contribution in [0.2, 0.25) is 0 Å². The largest absolute Gasteiger partial charge is 0.504 e. The summed E-state index contributed by atoms with van der Waals surface area (Å²) >= 11 is 0. The van der Waals surface area contributed by atoms with Gasteiger partial charge in [-0.15, -0.1) is 0 Å². The quantitative estimate of drug-likeness (QED) is 0.775. The van der Waals surface area contributed by atoms with Crippen LogP contribution in [0, 0.1) is 11.3 Å². The highest BCUT2D eigenvalue weighted by Gasteiger charge is 2.21. The van der Waals surface area contributed by atoms with Crippen molar-refractivity contribution in [1.29, 1.82) is 5.26 Å². The van der Waals surface area contributed by atoms with Gasteiger partial charge in [-0.2, -0.15) is 5.26 Å². The molecule has 5 nitrogen and oxygen atoms in total. The lowest BCUT2D eigenvalue weighted by molar-refractivity contribution is 0.0742. The van der Waals surface area contributed by atoms with Crippen LogP contribution in [-0.4, -0.2) is 34.1 Å². The Bertz CT molecular complexity index is 465. The molecule has 17 heavy (non-hydrogen) atoms. The number of hydrogen-bond donors (Lipinski definition) is 2. The molecule has 1 rings (SSSR count). The Balaban J connectivity index is 2.97. The van der Waals surface area contributed by atoms with E-state index < -0.39 is 11.7 Å². The summed E-state index contributed by atoms with van der Waals surface area (Å²) in [7, 11) is 1.55. The van der Waals surface area contributed by atoms with E-state index in [0.717, 1.165) is 0 Å². The number of amides is 1. The molecule has 5 heteroatoms. The van der Waals surface area contributed by atoms with Crippen molar-refractivity contribution < 1.29 is 15.0 Å². The fourth-order valence-corrected chi connectivity index (χ4v) is 1.36. The Labute approximate surface area is 99.5 Å². The fraction of sp³-hybridized carbons (Fsp3) is 0.333. The summed E-state index contributed by atoms with van der Waals surface area (Å²) in [4.78, 5) is 13.3. The topological polar surface area (TPSA) is 84.6 Å². The Kier molecular flexibility index (Phi) is 3.94. The van der Waals surface area contributed by atoms with E-state index in [-0.39, 0.29) is 23.8 Å². The summed E-state index contributed by atoms with van der Waals surface area (Å²) in [6, 6.07) is 5.92. The highest BCUT2D eigenvalue weighted by atomic mass is 16.3. The van der Waals surface area contributed by atoms with Gasteiger partial charge >= 0.3 is 0 Å². The van der Waals surface area contributed by atoms with Crippen molar-refractivity contribution in [3.63, 3.8) is 0 Å². The van der Waals surface area contributed by atoms with Crippen molar-refractivity contribution in [2.45, 2.75) is 19.4 Å². The molecule has 1 amide bonds. The summed E-state index contributed by atoms with van der Waals surface area (Å²) in [6.45, 7) is 1.74. The van der Waals surface area contributed by atoms with Crippen molar-refractivity contribution in [2.24, 2.45) is 0 Å². The number of nitrogens with zero attached hydrogens (tertiary/aromatic N) is 2. The fourth-order valence-electron chi connectivity index (χ4n) is 1.36. The Hall–Kier alpha value is -2.22. The minimum Gasteiger partial charge on any atom is -0.504 e. The van der Waals surface area contributed by atoms with Crippen molar-refractivity contribution in [1.82, 2.24) is 4.90 Å². The number of nitriles is 1. The maximum Gasteiger partial charge on any atom is 0.257 e. The van der Waals surface area contributed by atoms with Gasteiger partial charge < -0.3 is 15.1 Å². The van der Waals surface area contributed by atoms with Gasteiger partial charge in [0.15, 0.2) is 11.5 Å². The maximum absolute atomic E-state index is 12.0. The molecule has 0 saturated heterocycles. The van der Waals surface area contributed by atoms with E-state index in [2.05, 4.69) is 0 Å². The van der Waals surface area contributed by atoms with Gasteiger partial charge in [0.1, 0.15) is 0 Å². The van der Waals surface area contributed by atoms with Gasteiger partial charge in [0.25, 0.3) is 5.91 Å². The maximum atomic E-state index is 12.0. The molecule has 90 valence electrons. The Morgan fingerprint density at radius 3 is 2.76 bits per heavy atom. The van der Waals surface area contributed by atoms with E-state index in [0.29, 0.717) is 0 Å². The average Bonchev–Trinajstić information content (AvgIpc) is 2.31. The molecule has 1 unspecified atom stereocenters. The second-order valence-corrected chi connectivity index (χ2v) is 3.80. The number of benzene rings is 1. The van der Waals surface area contributed by atoms with E-state index in [1.165, 1.54) is 23.1 Å². The molecule has 0 fully saturated rings. The van der Waals surface area contributed by atoms with Crippen molar-refractivity contribution >= 4 is 5.91 Å². The second kappa shape index (κ2) is 5.21. The van der Waals surface area contributed by atoms with E-state index in [4.69, 9.17) is 5.26 Å². The van der Waals surface area contributed by atoms with Crippen LogP contribution in [0.3, 0.4) is 0 Å². The summed E-state index contributed by atoms with van der Waals surface area (Å²) in [6.07, 6.45) is 0.210. The number of aromatic hydroxyl groups is 2. The number of phenolic OH excluding ortho intramolecular Hbond substituents is 2. The van der Waals surface area contributed by atoms with Crippen molar-refractivity contribution in [3.05, 3.63) is 23.8 Å². The first-order valence-electron chi connectivity index (χ1n) is 5.14. The SMILES string of the molecule is CC(CC#N)N(C)C(=O)c1cccc(O)c1O. The number of hydrogen-bond acceptors (Lipinski definition) is 4. The van der Waals surface area contributed by atoms with Gasteiger partial charge in [-0.3, -0.25) is 4.79 Å². The molecule has 1 atom stereocenters. The first-order chi connectivity index (χ1) is 7.99. The number of para-hydroxylation sites is 1. The molecule has 0 spiro atoms. The smallest absolute Gasteiger partial charge is 0.257 e. The number of carbonyl (C=O) groups excluding carboxylic acids is 1. The summed E-state index contributed by atoms with van der Waals surface area (Å²) in [5.41, 5.74) is 0.0253. The molecular formula is C12H14N2O3. The molecule has 0 radical (unpaired) electrons. The number of phenols is 2. The van der Waals surface area contributed by atoms with Crippen LogP contribution in [0.25, 0.3) is 0 Å². The zero-order valence-electron chi connectivity index (χ0n) is 9.71. The third-order valence-electron chi connectivity index (χ3n) is 2.61. The monoisotopic (exact) mass is 234 g/mol. The lowest BCUT2D eigenvalue weighted by Crippen LogP contribution is -2.34. The predicted octanol–water partition coefficient (Wildman–Crippen LogP) is 1.47. The van der Waals surface area contributed by atoms with Crippen LogP contribution in [0.1, 0.15) is 23.7 Å². The summed E-state index contributed by atoms with van der Waals surface area (Å²) < 4.78 is 0. The summed E-state index contributed by atoms with van der Waals surface area (Å²) in [5.74, 6) is -1.20. The van der Waals surface area contributed by atoms with Crippen LogP contribution in [0.5, 0.6) is 11.5 Å². The lowest BCUT2D eigenvalue weighted by Gasteiger charge is -2.23. The van der Waals surface area contributed by atoms with E-state index in [1.807, 2.05) is 6.07 Å². The molecule has 0 aromatic heterocycles. The van der Waals surface area contributed by atoms with E-state index in [1.54, 1.807) is 14.0 Å². The normalized spacial score (nSPS) is 11.6. The van der Waals surface area contributed by atoms with Crippen LogP contribution in [0.4, 0.5) is 0 Å². The zero-order chi connectivity index (χ0) is 13.0. The molecule has 0 aliphatic carbocycles. The van der Waals surface area contributed by atoms with E-state index >= 15 is 0 Å². The van der Waals surface area contributed by atoms with Gasteiger partial charge in [-0.1, -0.05) is 6.07 Å². The van der Waals surface area contributed by atoms with Gasteiger partial charge in [-0.25, -0.2) is 0 Å². The standard InChI is InChI=1S/C12H14N2O3/c1-8(6-7-13)14(2)12(17)9-4-3-5-10(15)11(9)16/h3-5,8,15-16H,6H2,1-2H3. The molecule has 0 aliphatic rings. The second-order valence-electron chi connectivity index (χ2n) is 3.80. The molecule has 0 aliphatic heterocycles. The van der Waals surface area contributed by atoms with Gasteiger partial charge in [0, 0.05) is 13.1 Å². The van der Waals surface area contributed by atoms with Gasteiger partial charge in [0.2, 0.25) is 0 Å². The predicted molar refractivity (Wildman–Crippen MR) is 61.6 cm³/mol. The van der Waals surface area contributed by atoms with Crippen molar-refractivity contribution in [2.75, 3.05) is 7.05 Å². The zero-order valence-corrected chi connectivity index (χ0v) is 9.71. The lowest BCUT2D eigenvalue weighted by atomic mass is 10.1. The molecular weight excluding hydrogens is 220 g/mol. The van der Waals surface area contributed by atoms with Crippen molar-refractivity contribution in [3.8, 4) is 17.6 Å². The Morgan fingerprint density at radius 1 is 1.53 bits per heavy atom. The third kappa shape index (κ3) is 2.67. The molecule has 1 aromatic rings. The summed E-state index contributed by atoms with van der Waals surface area (Å²) in [5, 5.41) is 27.4. The minimum atomic E-state index is -0.437. The highest BCUT2D eigenvalue weighted by molar-refractivity contribution is 5.97. The molecule has 2 N–H and O–H groups in total. The van der Waals surface area contributed by atoms with Crippen LogP contribution in [0.15, 0.2) is 18.2 Å². The minimum absolute atomic E-state index is 0.0253. The first-order valence-corrected chi connectivity index (χ1v) is 5.14. The molecule has 0 bridgehead atoms.